The third kappa shape index (κ3) is 12.6. The van der Waals surface area contributed by atoms with Gasteiger partial charge in [-0.25, -0.2) is 0 Å². The molecule has 2 unspecified atom stereocenters. The Hall–Kier alpha value is -0.640. The number of unbranched alkanes of at least 4 members (excludes halogenated alkanes) is 9. The van der Waals surface area contributed by atoms with Gasteiger partial charge in [-0.3, -0.25) is 4.79 Å². The van der Waals surface area contributed by atoms with Crippen molar-refractivity contribution in [2.75, 3.05) is 5.75 Å². The Kier molecular flexibility index (Phi) is 14.7. The van der Waals surface area contributed by atoms with Gasteiger partial charge in [0.05, 0.1) is 10.7 Å². The number of thioether (sulfide) groups is 2. The van der Waals surface area contributed by atoms with Crippen molar-refractivity contribution in [2.24, 2.45) is 0 Å². The molecule has 0 spiro atoms. The molecule has 0 fully saturated rings. The highest BCUT2D eigenvalue weighted by molar-refractivity contribution is 8.17. The largest absolute Gasteiger partial charge is 0.481 e. The second kappa shape index (κ2) is 16.1. The quantitative estimate of drug-likeness (QED) is 0.178. The Bertz CT molecular complexity index is 585. The van der Waals surface area contributed by atoms with Crippen LogP contribution in [-0.4, -0.2) is 21.6 Å². The van der Waals surface area contributed by atoms with Crippen molar-refractivity contribution < 1.29 is 9.90 Å². The summed E-state index contributed by atoms with van der Waals surface area (Å²) in [6, 6.07) is 6.54. The van der Waals surface area contributed by atoms with E-state index in [1.165, 1.54) is 69.1 Å². The zero-order valence-electron chi connectivity index (χ0n) is 18.0. The molecule has 0 aliphatic heterocycles. The molecule has 0 bridgehead atoms. The molecule has 1 N–H and O–H groups in total. The Morgan fingerprint density at radius 3 is 2.31 bits per heavy atom. The van der Waals surface area contributed by atoms with Crippen LogP contribution in [0.4, 0.5) is 0 Å². The molecular formula is C23H37NO2S3. The average molecular weight is 456 g/mol. The third-order valence-corrected chi connectivity index (χ3v) is 9.26. The maximum absolute atomic E-state index is 10.9. The van der Waals surface area contributed by atoms with E-state index in [0.29, 0.717) is 6.42 Å². The van der Waals surface area contributed by atoms with Crippen LogP contribution in [0, 0.1) is 11.3 Å². The van der Waals surface area contributed by atoms with E-state index in [9.17, 15) is 10.1 Å². The minimum absolute atomic E-state index is 0.0390. The number of carbonyl (C=O) groups is 1. The van der Waals surface area contributed by atoms with Crippen LogP contribution in [0.1, 0.15) is 100 Å². The number of nitrogens with zero attached hydrogens (tertiary/aromatic N) is 1. The normalized spacial score (nSPS) is 14.2. The summed E-state index contributed by atoms with van der Waals surface area (Å²) < 4.78 is -0.468. The van der Waals surface area contributed by atoms with Gasteiger partial charge in [0.25, 0.3) is 0 Å². The van der Waals surface area contributed by atoms with Crippen LogP contribution in [-0.2, 0) is 4.79 Å². The third-order valence-electron chi connectivity index (χ3n) is 4.96. The molecule has 2 atom stereocenters. The van der Waals surface area contributed by atoms with Crippen LogP contribution in [0.5, 0.6) is 0 Å². The lowest BCUT2D eigenvalue weighted by Crippen LogP contribution is -2.20. The van der Waals surface area contributed by atoms with Gasteiger partial charge >= 0.3 is 5.97 Å². The number of carboxylic acid groups (broad SMARTS) is 1. The fourth-order valence-corrected chi connectivity index (χ4v) is 7.33. The molecule has 0 aliphatic carbocycles. The van der Waals surface area contributed by atoms with Crippen molar-refractivity contribution in [1.29, 1.82) is 5.26 Å². The fourth-order valence-electron chi connectivity index (χ4n) is 3.10. The highest BCUT2D eigenvalue weighted by Crippen LogP contribution is 2.49. The van der Waals surface area contributed by atoms with Crippen molar-refractivity contribution in [1.82, 2.24) is 0 Å². The molecule has 1 heterocycles. The zero-order valence-corrected chi connectivity index (χ0v) is 20.5. The van der Waals surface area contributed by atoms with E-state index >= 15 is 0 Å². The molecule has 0 amide bonds. The molecule has 0 saturated carbocycles. The molecule has 164 valence electrons. The molecule has 1 aromatic rings. The van der Waals surface area contributed by atoms with Gasteiger partial charge in [0.15, 0.2) is 0 Å². The van der Waals surface area contributed by atoms with Gasteiger partial charge in [-0.2, -0.15) is 5.26 Å². The summed E-state index contributed by atoms with van der Waals surface area (Å²) in [5, 5.41) is 20.7. The Morgan fingerprint density at radius 2 is 1.79 bits per heavy atom. The summed E-state index contributed by atoms with van der Waals surface area (Å²) in [6.07, 6.45) is 13.8. The molecule has 6 heteroatoms. The highest BCUT2D eigenvalue weighted by Gasteiger charge is 2.31. The standard InChI is InChI=1S/C23H37NO2S3/c1-3-4-5-6-7-8-9-10-11-12-17-28-22(20-14-13-18-27-20)29-23(2,19-24)16-15-21(25)26/h13-14,18,22H,3-12,15-17H2,1-2H3,(H,25,26). The predicted octanol–water partition coefficient (Wildman–Crippen LogP) is 8.28. The topological polar surface area (TPSA) is 61.1 Å². The summed E-state index contributed by atoms with van der Waals surface area (Å²) in [7, 11) is 0. The lowest BCUT2D eigenvalue weighted by atomic mass is 10.1. The van der Waals surface area contributed by atoms with E-state index in [1.54, 1.807) is 23.1 Å². The minimum Gasteiger partial charge on any atom is -0.481 e. The second-order valence-corrected chi connectivity index (χ2v) is 11.9. The van der Waals surface area contributed by atoms with E-state index in [-0.39, 0.29) is 11.0 Å². The van der Waals surface area contributed by atoms with Crippen LogP contribution in [0.3, 0.4) is 0 Å². The average Bonchev–Trinajstić information content (AvgIpc) is 3.24. The summed E-state index contributed by atoms with van der Waals surface area (Å²) in [6.45, 7) is 4.14. The Morgan fingerprint density at radius 1 is 1.17 bits per heavy atom. The number of hydrogen-bond donors (Lipinski definition) is 1. The molecule has 0 aromatic carbocycles. The number of aliphatic carboxylic acids is 1. The van der Waals surface area contributed by atoms with Gasteiger partial charge in [-0.05, 0) is 37.0 Å². The number of hydrogen-bond acceptors (Lipinski definition) is 5. The second-order valence-electron chi connectivity index (χ2n) is 7.75. The van der Waals surface area contributed by atoms with Crippen LogP contribution in [0.25, 0.3) is 0 Å². The van der Waals surface area contributed by atoms with Crippen molar-refractivity contribution in [3.63, 3.8) is 0 Å². The molecule has 1 rings (SSSR count). The fraction of sp³-hybridized carbons (Fsp3) is 0.739. The molecule has 0 saturated heterocycles. The summed E-state index contributed by atoms with van der Waals surface area (Å²) in [4.78, 5) is 12.2. The predicted molar refractivity (Wildman–Crippen MR) is 130 cm³/mol. The van der Waals surface area contributed by atoms with E-state index in [0.717, 1.165) is 5.75 Å². The monoisotopic (exact) mass is 455 g/mol. The van der Waals surface area contributed by atoms with E-state index in [2.05, 4.69) is 30.5 Å². The first-order valence-electron chi connectivity index (χ1n) is 11.0. The lowest BCUT2D eigenvalue weighted by Gasteiger charge is -2.25. The van der Waals surface area contributed by atoms with Crippen LogP contribution in [0.15, 0.2) is 17.5 Å². The maximum atomic E-state index is 10.9. The summed E-state index contributed by atoms with van der Waals surface area (Å²) in [5.74, 6) is 0.254. The van der Waals surface area contributed by atoms with Crippen LogP contribution >= 0.6 is 34.9 Å². The van der Waals surface area contributed by atoms with E-state index in [1.807, 2.05) is 18.7 Å². The van der Waals surface area contributed by atoms with E-state index < -0.39 is 10.7 Å². The Balaban J connectivity index is 2.32. The highest BCUT2D eigenvalue weighted by atomic mass is 32.2. The molecule has 0 radical (unpaired) electrons. The first-order valence-corrected chi connectivity index (χ1v) is 13.8. The molecule has 3 nitrogen and oxygen atoms in total. The first kappa shape index (κ1) is 26.4. The lowest BCUT2D eigenvalue weighted by molar-refractivity contribution is -0.137. The van der Waals surface area contributed by atoms with Crippen LogP contribution in [0.2, 0.25) is 0 Å². The number of nitriles is 1. The molecule has 29 heavy (non-hydrogen) atoms. The van der Waals surface area contributed by atoms with Gasteiger partial charge in [0, 0.05) is 11.3 Å². The number of rotatable bonds is 18. The summed E-state index contributed by atoms with van der Waals surface area (Å²) in [5.41, 5.74) is 0. The van der Waals surface area contributed by atoms with Crippen molar-refractivity contribution >= 4 is 40.8 Å². The zero-order chi connectivity index (χ0) is 21.4. The van der Waals surface area contributed by atoms with E-state index in [4.69, 9.17) is 5.11 Å². The first-order chi connectivity index (χ1) is 14.0. The van der Waals surface area contributed by atoms with Crippen LogP contribution < -0.4 is 0 Å². The molecular weight excluding hydrogens is 418 g/mol. The number of carboxylic acids is 1. The number of thiophene rings is 1. The van der Waals surface area contributed by atoms with Gasteiger partial charge < -0.3 is 5.11 Å². The van der Waals surface area contributed by atoms with Crippen molar-refractivity contribution in [2.45, 2.75) is 100 Å². The molecule has 0 aliphatic rings. The smallest absolute Gasteiger partial charge is 0.303 e. The van der Waals surface area contributed by atoms with Gasteiger partial charge in [-0.1, -0.05) is 70.8 Å². The summed E-state index contributed by atoms with van der Waals surface area (Å²) >= 11 is 5.25. The Labute approximate surface area is 190 Å². The van der Waals surface area contributed by atoms with Gasteiger partial charge in [0.2, 0.25) is 0 Å². The minimum atomic E-state index is -0.835. The van der Waals surface area contributed by atoms with Crippen molar-refractivity contribution in [3.05, 3.63) is 22.4 Å². The van der Waals surface area contributed by atoms with Crippen molar-refractivity contribution in [3.8, 4) is 6.07 Å². The maximum Gasteiger partial charge on any atom is 0.303 e. The SMILES string of the molecule is CCCCCCCCCCCCSC(SC(C)(C#N)CCC(=O)O)c1cccs1. The van der Waals surface area contributed by atoms with Gasteiger partial charge in [-0.15, -0.1) is 34.9 Å². The van der Waals surface area contributed by atoms with Gasteiger partial charge in [0.1, 0.15) is 4.75 Å². The molecule has 1 aromatic heterocycles.